The molecule has 0 radical (unpaired) electrons. The molecule has 0 unspecified atom stereocenters. The van der Waals surface area contributed by atoms with Crippen LogP contribution in [0.2, 0.25) is 0 Å². The Morgan fingerprint density at radius 1 is 0.808 bits per heavy atom. The first-order valence-electron chi connectivity index (χ1n) is 18.4. The summed E-state index contributed by atoms with van der Waals surface area (Å²) in [5, 5.41) is 7.14. The molecule has 5 nitrogen and oxygen atoms in total. The molecular formula is C46H48N4OPt. The molecule has 0 aliphatic carbocycles. The second-order valence-electron chi connectivity index (χ2n) is 15.3. The summed E-state index contributed by atoms with van der Waals surface area (Å²) >= 11 is 0. The zero-order valence-corrected chi connectivity index (χ0v) is 33.8. The van der Waals surface area contributed by atoms with Crippen LogP contribution in [0.1, 0.15) is 102 Å². The van der Waals surface area contributed by atoms with Crippen molar-refractivity contribution in [1.29, 1.82) is 0 Å². The van der Waals surface area contributed by atoms with Gasteiger partial charge in [0.05, 0.1) is 6.20 Å². The normalized spacial score (nSPS) is 11.9. The number of rotatable bonds is 10. The van der Waals surface area contributed by atoms with Gasteiger partial charge in [0.2, 0.25) is 0 Å². The zero-order valence-electron chi connectivity index (χ0n) is 31.5. The van der Waals surface area contributed by atoms with E-state index in [0.717, 1.165) is 58.1 Å². The van der Waals surface area contributed by atoms with Crippen LogP contribution in [0.5, 0.6) is 11.5 Å². The van der Waals surface area contributed by atoms with E-state index < -0.39 is 0 Å². The fourth-order valence-corrected chi connectivity index (χ4v) is 7.05. The molecular weight excluding hydrogens is 820 g/mol. The molecule has 0 saturated carbocycles. The van der Waals surface area contributed by atoms with E-state index in [1.807, 2.05) is 23.1 Å². The maximum absolute atomic E-state index is 6.64. The van der Waals surface area contributed by atoms with Crippen LogP contribution < -0.4 is 4.74 Å². The molecule has 6 heteroatoms. The van der Waals surface area contributed by atoms with Crippen molar-refractivity contribution in [3.05, 3.63) is 132 Å². The van der Waals surface area contributed by atoms with Gasteiger partial charge in [0.25, 0.3) is 0 Å². The molecule has 3 heterocycles. The maximum Gasteiger partial charge on any atom is 2.00 e. The second kappa shape index (κ2) is 15.2. The van der Waals surface area contributed by atoms with Gasteiger partial charge in [-0.2, -0.15) is 16.7 Å². The fraction of sp³-hybridized carbons (Fsp3) is 0.304. The minimum atomic E-state index is -0.00532. The van der Waals surface area contributed by atoms with Crippen LogP contribution in [0.15, 0.2) is 97.5 Å². The number of hydrogen-bond donors (Lipinski definition) is 0. The minimum absolute atomic E-state index is 0. The second-order valence-corrected chi connectivity index (χ2v) is 15.3. The first-order chi connectivity index (χ1) is 24.5. The van der Waals surface area contributed by atoms with Gasteiger partial charge in [-0.05, 0) is 68.8 Å². The van der Waals surface area contributed by atoms with E-state index in [9.17, 15) is 0 Å². The Hall–Kier alpha value is -4.47. The quantitative estimate of drug-likeness (QED) is 0.129. The first-order valence-corrected chi connectivity index (χ1v) is 18.4. The molecule has 0 aliphatic heterocycles. The molecule has 0 N–H and O–H groups in total. The number of aromatic nitrogens is 4. The molecule has 0 atom stereocenters. The maximum atomic E-state index is 6.64. The van der Waals surface area contributed by atoms with Crippen molar-refractivity contribution in [2.45, 2.75) is 91.9 Å². The smallest absolute Gasteiger partial charge is 0.509 e. The molecule has 52 heavy (non-hydrogen) atoms. The predicted molar refractivity (Wildman–Crippen MR) is 211 cm³/mol. The van der Waals surface area contributed by atoms with E-state index in [0.29, 0.717) is 23.3 Å². The molecule has 0 aliphatic rings. The molecule has 7 aromatic rings. The van der Waals surface area contributed by atoms with Crippen LogP contribution in [0.25, 0.3) is 44.4 Å². The van der Waals surface area contributed by atoms with Gasteiger partial charge in [0.1, 0.15) is 5.82 Å². The van der Waals surface area contributed by atoms with Crippen LogP contribution in [-0.4, -0.2) is 19.3 Å². The van der Waals surface area contributed by atoms with E-state index in [1.54, 1.807) is 0 Å². The van der Waals surface area contributed by atoms with E-state index in [4.69, 9.17) is 14.8 Å². The summed E-state index contributed by atoms with van der Waals surface area (Å²) < 4.78 is 10.8. The Labute approximate surface area is 323 Å². The van der Waals surface area contributed by atoms with Crippen LogP contribution in [0.3, 0.4) is 0 Å². The van der Waals surface area contributed by atoms with E-state index in [1.165, 1.54) is 27.8 Å². The monoisotopic (exact) mass is 867 g/mol. The molecule has 3 aromatic heterocycles. The minimum Gasteiger partial charge on any atom is -0.509 e. The van der Waals surface area contributed by atoms with Gasteiger partial charge in [0.15, 0.2) is 0 Å². The van der Waals surface area contributed by atoms with Gasteiger partial charge in [-0.3, -0.25) is 4.68 Å². The first kappa shape index (κ1) is 37.3. The Balaban J connectivity index is 0.00000464. The SMILES string of the molecule is CCCCc1cc(Oc2[c-]c3c(cc2)c2ccccc2n3-c2cc(C(C)(C)C)ccn2)[c-]c(-n2cc(-c3c(C(C)C)cccc3C(C)C)cn2)c1.[Pt+2]. The Morgan fingerprint density at radius 3 is 2.27 bits per heavy atom. The number of para-hydroxylation sites is 1. The van der Waals surface area contributed by atoms with Crippen molar-refractivity contribution in [1.82, 2.24) is 19.3 Å². The largest absolute Gasteiger partial charge is 2.00 e. The third kappa shape index (κ3) is 7.39. The van der Waals surface area contributed by atoms with Crippen molar-refractivity contribution < 1.29 is 25.8 Å². The summed E-state index contributed by atoms with van der Waals surface area (Å²) in [6.45, 7) is 17.9. The van der Waals surface area contributed by atoms with Crippen LogP contribution in [-0.2, 0) is 32.9 Å². The van der Waals surface area contributed by atoms with Gasteiger partial charge in [0, 0.05) is 35.0 Å². The summed E-state index contributed by atoms with van der Waals surface area (Å²) in [7, 11) is 0. The number of aryl methyl sites for hydroxylation is 1. The number of nitrogens with zero attached hydrogens (tertiary/aromatic N) is 4. The van der Waals surface area contributed by atoms with Crippen molar-refractivity contribution in [3.8, 4) is 34.1 Å². The number of fused-ring (bicyclic) bond motifs is 3. The Bertz CT molecular complexity index is 2310. The predicted octanol–water partition coefficient (Wildman–Crippen LogP) is 12.3. The van der Waals surface area contributed by atoms with Crippen molar-refractivity contribution in [2.75, 3.05) is 0 Å². The number of unbranched alkanes of at least 4 members (excludes halogenated alkanes) is 1. The average molecular weight is 868 g/mol. The molecule has 0 bridgehead atoms. The molecule has 4 aromatic carbocycles. The summed E-state index contributed by atoms with van der Waals surface area (Å²) in [5.74, 6) is 2.94. The van der Waals surface area contributed by atoms with Crippen molar-refractivity contribution >= 4 is 21.8 Å². The van der Waals surface area contributed by atoms with Gasteiger partial charge < -0.3 is 9.30 Å². The van der Waals surface area contributed by atoms with Gasteiger partial charge in [-0.1, -0.05) is 117 Å². The molecule has 0 saturated heterocycles. The number of ether oxygens (including phenoxy) is 1. The Kier molecular flexibility index (Phi) is 10.9. The molecule has 0 amide bonds. The van der Waals surface area contributed by atoms with Crippen LogP contribution in [0, 0.1) is 12.1 Å². The summed E-state index contributed by atoms with van der Waals surface area (Å²) in [4.78, 5) is 4.83. The molecule has 268 valence electrons. The van der Waals surface area contributed by atoms with E-state index in [-0.39, 0.29) is 26.5 Å². The van der Waals surface area contributed by atoms with Gasteiger partial charge in [-0.25, -0.2) is 4.98 Å². The summed E-state index contributed by atoms with van der Waals surface area (Å²) in [6, 6.07) is 35.0. The number of benzene rings is 4. The van der Waals surface area contributed by atoms with Crippen molar-refractivity contribution in [3.63, 3.8) is 0 Å². The Morgan fingerprint density at radius 2 is 1.56 bits per heavy atom. The topological polar surface area (TPSA) is 44.9 Å². The number of hydrogen-bond acceptors (Lipinski definition) is 3. The van der Waals surface area contributed by atoms with Crippen LogP contribution in [0.4, 0.5) is 0 Å². The molecule has 7 rings (SSSR count). The zero-order chi connectivity index (χ0) is 35.9. The standard InChI is InChI=1S/C46H48N4O.Pt/c1-9-10-14-32-23-35(49-29-33(28-48-49)45-38(30(2)3)16-13-17-39(45)31(4)5)26-37(24-32)51-36-19-20-41-40-15-11-12-18-42(40)50(43(41)27-36)44-25-34(21-22-47-44)46(6,7)8;/h11-13,15-25,28-31H,9-10,14H2,1-8H3;/q-2;+2. The summed E-state index contributed by atoms with van der Waals surface area (Å²) in [5.41, 5.74) is 10.4. The third-order valence-electron chi connectivity index (χ3n) is 9.82. The third-order valence-corrected chi connectivity index (χ3v) is 9.82. The van der Waals surface area contributed by atoms with Gasteiger partial charge >= 0.3 is 21.1 Å². The van der Waals surface area contributed by atoms with E-state index in [2.05, 4.69) is 151 Å². The average Bonchev–Trinajstić information content (AvgIpc) is 3.73. The summed E-state index contributed by atoms with van der Waals surface area (Å²) in [6.07, 6.45) is 9.18. The molecule has 0 fully saturated rings. The molecule has 0 spiro atoms. The van der Waals surface area contributed by atoms with Gasteiger partial charge in [-0.15, -0.1) is 35.7 Å². The van der Waals surface area contributed by atoms with E-state index >= 15 is 0 Å². The number of pyridine rings is 1. The van der Waals surface area contributed by atoms with Crippen molar-refractivity contribution in [2.24, 2.45) is 0 Å². The van der Waals surface area contributed by atoms with Crippen LogP contribution >= 0.6 is 0 Å². The fourth-order valence-electron chi connectivity index (χ4n) is 7.05.